The molecule has 0 atom stereocenters. The van der Waals surface area contributed by atoms with Gasteiger partial charge >= 0.3 is 0 Å². The molecule has 0 aliphatic rings. The van der Waals surface area contributed by atoms with E-state index >= 15 is 0 Å². The molecule has 132 valence electrons. The van der Waals surface area contributed by atoms with Crippen LogP contribution in [0.2, 0.25) is 0 Å². The van der Waals surface area contributed by atoms with E-state index in [1.165, 1.54) is 23.5 Å². The van der Waals surface area contributed by atoms with E-state index in [0.717, 1.165) is 5.56 Å². The van der Waals surface area contributed by atoms with Gasteiger partial charge in [-0.25, -0.2) is 9.37 Å². The van der Waals surface area contributed by atoms with Gasteiger partial charge in [0.1, 0.15) is 11.6 Å². The Kier molecular flexibility index (Phi) is 5.23. The van der Waals surface area contributed by atoms with Crippen LogP contribution in [0.15, 0.2) is 53.9 Å². The number of amides is 2. The second-order valence-electron chi connectivity index (χ2n) is 5.28. The fourth-order valence-electron chi connectivity index (χ4n) is 2.11. The van der Waals surface area contributed by atoms with Crippen molar-refractivity contribution in [3.05, 3.63) is 65.3 Å². The zero-order valence-electron chi connectivity index (χ0n) is 13.4. The van der Waals surface area contributed by atoms with Crippen LogP contribution < -0.4 is 15.8 Å². The fourth-order valence-corrected chi connectivity index (χ4v) is 2.83. The minimum absolute atomic E-state index is 0.225. The number of carbonyl (C=O) groups excluding carboxylic acids is 2. The van der Waals surface area contributed by atoms with Gasteiger partial charge in [-0.1, -0.05) is 0 Å². The van der Waals surface area contributed by atoms with Gasteiger partial charge in [0.15, 0.2) is 11.7 Å². The molecule has 0 saturated carbocycles. The molecule has 1 aromatic heterocycles. The van der Waals surface area contributed by atoms with Gasteiger partial charge in [0.25, 0.3) is 11.8 Å². The number of hydrogen-bond donors (Lipinski definition) is 2. The van der Waals surface area contributed by atoms with Crippen LogP contribution in [0.25, 0.3) is 11.3 Å². The lowest BCUT2D eigenvalue weighted by Crippen LogP contribution is -2.20. The van der Waals surface area contributed by atoms with E-state index in [1.807, 2.05) is 0 Å². The van der Waals surface area contributed by atoms with Crippen LogP contribution >= 0.6 is 11.3 Å². The maximum absolute atomic E-state index is 13.0. The van der Waals surface area contributed by atoms with E-state index in [2.05, 4.69) is 10.3 Å². The minimum atomic E-state index is -0.576. The average Bonchev–Trinajstić information content (AvgIpc) is 3.09. The molecule has 6 nitrogen and oxygen atoms in total. The van der Waals surface area contributed by atoms with Gasteiger partial charge in [-0.05, 0) is 48.5 Å². The van der Waals surface area contributed by atoms with Crippen LogP contribution in [0, 0.1) is 5.82 Å². The number of nitrogens with two attached hydrogens (primary N) is 1. The number of primary amides is 1. The number of nitrogens with zero attached hydrogens (tertiary/aromatic N) is 1. The lowest BCUT2D eigenvalue weighted by molar-refractivity contribution is -0.119. The molecule has 2 aromatic carbocycles. The zero-order valence-corrected chi connectivity index (χ0v) is 14.3. The summed E-state index contributed by atoms with van der Waals surface area (Å²) in [5.74, 6) is -0.784. The van der Waals surface area contributed by atoms with Crippen LogP contribution in [0.5, 0.6) is 5.75 Å². The molecule has 0 saturated heterocycles. The molecular weight excluding hydrogens is 357 g/mol. The Morgan fingerprint density at radius 1 is 1.12 bits per heavy atom. The van der Waals surface area contributed by atoms with E-state index in [0.29, 0.717) is 22.1 Å². The monoisotopic (exact) mass is 371 g/mol. The summed E-state index contributed by atoms with van der Waals surface area (Å²) in [5.41, 5.74) is 6.83. The average molecular weight is 371 g/mol. The Morgan fingerprint density at radius 2 is 1.81 bits per heavy atom. The van der Waals surface area contributed by atoms with Gasteiger partial charge in [-0.3, -0.25) is 14.9 Å². The van der Waals surface area contributed by atoms with Crippen molar-refractivity contribution in [1.29, 1.82) is 0 Å². The second kappa shape index (κ2) is 7.75. The van der Waals surface area contributed by atoms with E-state index in [1.54, 1.807) is 41.8 Å². The summed E-state index contributed by atoms with van der Waals surface area (Å²) in [7, 11) is 0. The first kappa shape index (κ1) is 17.6. The second-order valence-corrected chi connectivity index (χ2v) is 6.14. The zero-order chi connectivity index (χ0) is 18.5. The highest BCUT2D eigenvalue weighted by Crippen LogP contribution is 2.25. The van der Waals surface area contributed by atoms with Crippen molar-refractivity contribution in [1.82, 2.24) is 4.98 Å². The maximum Gasteiger partial charge on any atom is 0.257 e. The number of benzene rings is 2. The molecule has 0 bridgehead atoms. The summed E-state index contributed by atoms with van der Waals surface area (Å²) >= 11 is 1.27. The van der Waals surface area contributed by atoms with Gasteiger partial charge in [0.2, 0.25) is 0 Å². The Labute approximate surface area is 152 Å². The van der Waals surface area contributed by atoms with E-state index in [-0.39, 0.29) is 18.3 Å². The van der Waals surface area contributed by atoms with Gasteiger partial charge < -0.3 is 10.5 Å². The topological polar surface area (TPSA) is 94.3 Å². The van der Waals surface area contributed by atoms with Gasteiger partial charge in [-0.15, -0.1) is 11.3 Å². The molecule has 3 N–H and O–H groups in total. The van der Waals surface area contributed by atoms with Crippen LogP contribution in [-0.2, 0) is 4.79 Å². The molecule has 0 aliphatic heterocycles. The molecule has 26 heavy (non-hydrogen) atoms. The predicted octanol–water partition coefficient (Wildman–Crippen LogP) is 3.07. The summed E-state index contributed by atoms with van der Waals surface area (Å²) in [6.45, 7) is -0.225. The van der Waals surface area contributed by atoms with Crippen LogP contribution in [0.4, 0.5) is 9.52 Å². The highest BCUT2D eigenvalue weighted by atomic mass is 32.1. The Hall–Kier alpha value is -3.26. The van der Waals surface area contributed by atoms with E-state index < -0.39 is 5.91 Å². The summed E-state index contributed by atoms with van der Waals surface area (Å²) in [4.78, 5) is 27.3. The highest BCUT2D eigenvalue weighted by Gasteiger charge is 2.10. The number of aromatic nitrogens is 1. The van der Waals surface area contributed by atoms with Gasteiger partial charge in [0, 0.05) is 16.5 Å². The number of halogens is 1. The molecule has 0 aliphatic carbocycles. The first-order valence-corrected chi connectivity index (χ1v) is 8.43. The molecule has 8 heteroatoms. The van der Waals surface area contributed by atoms with E-state index in [9.17, 15) is 14.0 Å². The molecule has 3 aromatic rings. The normalized spacial score (nSPS) is 10.3. The van der Waals surface area contributed by atoms with Gasteiger partial charge in [-0.2, -0.15) is 0 Å². The van der Waals surface area contributed by atoms with Crippen molar-refractivity contribution in [2.75, 3.05) is 11.9 Å². The van der Waals surface area contributed by atoms with Crippen LogP contribution in [0.3, 0.4) is 0 Å². The first-order chi connectivity index (χ1) is 12.5. The summed E-state index contributed by atoms with van der Waals surface area (Å²) < 4.78 is 18.1. The van der Waals surface area contributed by atoms with Gasteiger partial charge in [0.05, 0.1) is 5.69 Å². The number of nitrogens with one attached hydrogen (secondary N) is 1. The largest absolute Gasteiger partial charge is 0.484 e. The summed E-state index contributed by atoms with van der Waals surface area (Å²) in [6.07, 6.45) is 0. The van der Waals surface area contributed by atoms with Crippen molar-refractivity contribution in [3.63, 3.8) is 0 Å². The molecule has 3 rings (SSSR count). The minimum Gasteiger partial charge on any atom is -0.484 e. The molecule has 0 radical (unpaired) electrons. The molecule has 0 unspecified atom stereocenters. The Morgan fingerprint density at radius 3 is 2.46 bits per heavy atom. The Bertz CT molecular complexity index is 924. The van der Waals surface area contributed by atoms with Crippen LogP contribution in [0.1, 0.15) is 10.4 Å². The van der Waals surface area contributed by atoms with Crippen molar-refractivity contribution in [2.24, 2.45) is 5.73 Å². The fraction of sp³-hybridized carbons (Fsp3) is 0.0556. The number of hydrogen-bond acceptors (Lipinski definition) is 5. The number of anilines is 1. The van der Waals surface area contributed by atoms with Crippen molar-refractivity contribution < 1.29 is 18.7 Å². The first-order valence-electron chi connectivity index (χ1n) is 7.55. The predicted molar refractivity (Wildman–Crippen MR) is 96.6 cm³/mol. The molecule has 1 heterocycles. The standard InChI is InChI=1S/C18H14FN3O3S/c19-13-5-1-11(2-6-13)15-10-26-18(21-15)22-17(24)12-3-7-14(8-4-12)25-9-16(20)23/h1-8,10H,9H2,(H2,20,23)(H,21,22,24). The summed E-state index contributed by atoms with van der Waals surface area (Å²) in [5, 5.41) is 4.92. The van der Waals surface area contributed by atoms with Crippen molar-refractivity contribution in [3.8, 4) is 17.0 Å². The number of rotatable bonds is 6. The SMILES string of the molecule is NC(=O)COc1ccc(C(=O)Nc2nc(-c3ccc(F)cc3)cs2)cc1. The van der Waals surface area contributed by atoms with Crippen molar-refractivity contribution in [2.45, 2.75) is 0 Å². The number of thiazole rings is 1. The molecule has 0 spiro atoms. The lowest BCUT2D eigenvalue weighted by Gasteiger charge is -2.05. The summed E-state index contributed by atoms with van der Waals surface area (Å²) in [6, 6.07) is 12.2. The highest BCUT2D eigenvalue weighted by molar-refractivity contribution is 7.14. The number of ether oxygens (including phenoxy) is 1. The molecule has 2 amide bonds. The maximum atomic E-state index is 13.0. The molecular formula is C18H14FN3O3S. The third kappa shape index (κ3) is 4.42. The Balaban J connectivity index is 1.64. The smallest absolute Gasteiger partial charge is 0.257 e. The van der Waals surface area contributed by atoms with Crippen molar-refractivity contribution >= 4 is 28.3 Å². The quantitative estimate of drug-likeness (QED) is 0.696. The molecule has 0 fully saturated rings. The third-order valence-corrected chi connectivity index (χ3v) is 4.12. The number of carbonyl (C=O) groups is 2. The van der Waals surface area contributed by atoms with Crippen LogP contribution in [-0.4, -0.2) is 23.4 Å². The van der Waals surface area contributed by atoms with E-state index in [4.69, 9.17) is 10.5 Å². The lowest BCUT2D eigenvalue weighted by atomic mass is 10.2. The third-order valence-electron chi connectivity index (χ3n) is 3.36.